The van der Waals surface area contributed by atoms with Crippen molar-refractivity contribution in [2.75, 3.05) is 13.2 Å². The molecule has 3 aliphatic rings. The predicted molar refractivity (Wildman–Crippen MR) is 157 cm³/mol. The molecule has 0 bridgehead atoms. The Balaban J connectivity index is 1.09. The quantitative estimate of drug-likeness (QED) is 0.168. The van der Waals surface area contributed by atoms with Gasteiger partial charge in [0.1, 0.15) is 11.6 Å². The van der Waals surface area contributed by atoms with Crippen LogP contribution in [0.4, 0.5) is 30.7 Å². The third kappa shape index (κ3) is 8.68. The molecule has 2 aliphatic carbocycles. The van der Waals surface area contributed by atoms with Crippen LogP contribution in [0.1, 0.15) is 107 Å². The van der Waals surface area contributed by atoms with E-state index in [0.717, 1.165) is 5.92 Å². The summed E-state index contributed by atoms with van der Waals surface area (Å²) in [5, 5.41) is 0. The third-order valence-corrected chi connectivity index (χ3v) is 10.1. The van der Waals surface area contributed by atoms with Gasteiger partial charge >= 0.3 is 12.7 Å². The number of halogens is 7. The average Bonchev–Trinajstić information content (AvgIpc) is 3.03. The summed E-state index contributed by atoms with van der Waals surface area (Å²) < 4.78 is 118. The lowest BCUT2D eigenvalue weighted by atomic mass is 9.74. The van der Waals surface area contributed by atoms with Gasteiger partial charge in [0.05, 0.1) is 19.1 Å². The maximum absolute atomic E-state index is 15.3. The van der Waals surface area contributed by atoms with Crippen LogP contribution in [0.5, 0.6) is 11.5 Å². The summed E-state index contributed by atoms with van der Waals surface area (Å²) >= 11 is 0. The summed E-state index contributed by atoms with van der Waals surface area (Å²) in [4.78, 5) is 0. The van der Waals surface area contributed by atoms with Crippen LogP contribution in [0, 0.1) is 41.1 Å². The minimum absolute atomic E-state index is 0.0205. The zero-order valence-electron chi connectivity index (χ0n) is 26.1. The number of rotatable bonds is 12. The average molecular weight is 661 g/mol. The molecule has 1 aliphatic heterocycles. The normalized spacial score (nSPS) is 27.5. The Labute approximate surface area is 265 Å². The van der Waals surface area contributed by atoms with E-state index in [1.165, 1.54) is 57.4 Å². The first-order valence-corrected chi connectivity index (χ1v) is 16.6. The standard InChI is InChI=1S/C35H43F7O4/c1-2-3-4-5-21-6-8-22(9-7-21)25-19-43-33(44-20-25)24-12-15-28(29(36)16-24)23-10-13-26(14-11-23)35(41,42)46-27-17-30(37)32(31(38)18-27)45-34(39)40/h12,15-18,21-23,25-26,33-34H,2-11,13-14,19-20H2,1H3. The van der Waals surface area contributed by atoms with Crippen LogP contribution >= 0.6 is 0 Å². The van der Waals surface area contributed by atoms with E-state index >= 15 is 4.39 Å². The molecule has 11 heteroatoms. The lowest BCUT2D eigenvalue weighted by Gasteiger charge is -2.38. The van der Waals surface area contributed by atoms with Gasteiger partial charge in [-0.05, 0) is 67.9 Å². The number of alkyl halides is 4. The van der Waals surface area contributed by atoms with E-state index < -0.39 is 53.9 Å². The molecule has 3 fully saturated rings. The van der Waals surface area contributed by atoms with Crippen molar-refractivity contribution in [3.8, 4) is 11.5 Å². The second kappa shape index (κ2) is 15.6. The minimum Gasteiger partial charge on any atom is -0.432 e. The smallest absolute Gasteiger partial charge is 0.400 e. The van der Waals surface area contributed by atoms with Crippen molar-refractivity contribution < 1.29 is 49.7 Å². The molecule has 4 nitrogen and oxygen atoms in total. The van der Waals surface area contributed by atoms with Crippen molar-refractivity contribution in [2.45, 2.75) is 109 Å². The molecule has 0 N–H and O–H groups in total. The van der Waals surface area contributed by atoms with Gasteiger partial charge in [-0.25, -0.2) is 13.2 Å². The zero-order chi connectivity index (χ0) is 32.8. The molecule has 5 rings (SSSR count). The molecular formula is C35H43F7O4. The van der Waals surface area contributed by atoms with Gasteiger partial charge < -0.3 is 18.9 Å². The predicted octanol–water partition coefficient (Wildman–Crippen LogP) is 10.7. The topological polar surface area (TPSA) is 36.9 Å². The first-order valence-electron chi connectivity index (χ1n) is 16.6. The van der Waals surface area contributed by atoms with Crippen molar-refractivity contribution in [1.29, 1.82) is 0 Å². The molecule has 1 saturated heterocycles. The van der Waals surface area contributed by atoms with E-state index in [9.17, 15) is 26.3 Å². The van der Waals surface area contributed by atoms with Gasteiger partial charge in [-0.1, -0.05) is 57.6 Å². The summed E-state index contributed by atoms with van der Waals surface area (Å²) in [6.45, 7) is -0.108. The Kier molecular flexibility index (Phi) is 11.8. The van der Waals surface area contributed by atoms with Crippen LogP contribution in [-0.2, 0) is 9.47 Å². The van der Waals surface area contributed by atoms with Gasteiger partial charge in [0, 0.05) is 23.6 Å². The molecule has 46 heavy (non-hydrogen) atoms. The van der Waals surface area contributed by atoms with Gasteiger partial charge in [-0.15, -0.1) is 0 Å². The van der Waals surface area contributed by atoms with Crippen molar-refractivity contribution in [2.24, 2.45) is 23.7 Å². The highest BCUT2D eigenvalue weighted by molar-refractivity contribution is 5.35. The van der Waals surface area contributed by atoms with Gasteiger partial charge in [-0.3, -0.25) is 0 Å². The summed E-state index contributed by atoms with van der Waals surface area (Å²) in [5.74, 6) is -5.68. The molecule has 0 unspecified atom stereocenters. The number of hydrogen-bond donors (Lipinski definition) is 0. The first-order chi connectivity index (χ1) is 22.0. The molecule has 2 aromatic carbocycles. The Morgan fingerprint density at radius 3 is 2.04 bits per heavy atom. The van der Waals surface area contributed by atoms with Crippen LogP contribution in [0.25, 0.3) is 0 Å². The summed E-state index contributed by atoms with van der Waals surface area (Å²) in [7, 11) is 0. The Bertz CT molecular complexity index is 1240. The molecule has 0 spiro atoms. The molecule has 0 aromatic heterocycles. The largest absolute Gasteiger partial charge is 0.432 e. The number of hydrogen-bond acceptors (Lipinski definition) is 4. The van der Waals surface area contributed by atoms with Crippen molar-refractivity contribution in [1.82, 2.24) is 0 Å². The molecule has 0 atom stereocenters. The first kappa shape index (κ1) is 34.8. The molecule has 0 radical (unpaired) electrons. The monoisotopic (exact) mass is 660 g/mol. The summed E-state index contributed by atoms with van der Waals surface area (Å²) in [6.07, 6.45) is 6.16. The lowest BCUT2D eigenvalue weighted by Crippen LogP contribution is -2.37. The van der Waals surface area contributed by atoms with Crippen molar-refractivity contribution >= 4 is 0 Å². The van der Waals surface area contributed by atoms with Crippen molar-refractivity contribution in [3.05, 3.63) is 58.9 Å². The van der Waals surface area contributed by atoms with Crippen LogP contribution < -0.4 is 9.47 Å². The molecule has 2 aromatic rings. The highest BCUT2D eigenvalue weighted by Gasteiger charge is 2.45. The Morgan fingerprint density at radius 1 is 0.804 bits per heavy atom. The van der Waals surface area contributed by atoms with E-state index in [-0.39, 0.29) is 31.6 Å². The number of ether oxygens (including phenoxy) is 4. The van der Waals surface area contributed by atoms with Gasteiger partial charge in [0.15, 0.2) is 23.7 Å². The minimum atomic E-state index is -3.79. The fraction of sp³-hybridized carbons (Fsp3) is 0.657. The van der Waals surface area contributed by atoms with E-state index in [2.05, 4.69) is 16.4 Å². The second-order valence-electron chi connectivity index (χ2n) is 13.1. The van der Waals surface area contributed by atoms with Crippen molar-refractivity contribution in [3.63, 3.8) is 0 Å². The fourth-order valence-electron chi connectivity index (χ4n) is 7.41. The molecule has 1 heterocycles. The number of unbranched alkanes of at least 4 members (excludes halogenated alkanes) is 2. The Morgan fingerprint density at radius 2 is 1.46 bits per heavy atom. The second-order valence-corrected chi connectivity index (χ2v) is 13.1. The lowest BCUT2D eigenvalue weighted by molar-refractivity contribution is -0.222. The van der Waals surface area contributed by atoms with E-state index in [1.807, 2.05) is 0 Å². The van der Waals surface area contributed by atoms with E-state index in [1.54, 1.807) is 12.1 Å². The maximum atomic E-state index is 15.3. The highest BCUT2D eigenvalue weighted by atomic mass is 19.3. The molecule has 0 amide bonds. The van der Waals surface area contributed by atoms with Crippen LogP contribution in [0.2, 0.25) is 0 Å². The van der Waals surface area contributed by atoms with Crippen LogP contribution in [-0.4, -0.2) is 25.9 Å². The van der Waals surface area contributed by atoms with E-state index in [0.29, 0.717) is 48.3 Å². The van der Waals surface area contributed by atoms with E-state index in [4.69, 9.17) is 9.47 Å². The summed E-state index contributed by atoms with van der Waals surface area (Å²) in [5.41, 5.74) is 1.01. The SMILES string of the molecule is CCCCCC1CCC(C2COC(c3ccc(C4CCC(C(F)(F)Oc5cc(F)c(OC(F)F)c(F)c5)CC4)c(F)c3)OC2)CC1. The molecule has 256 valence electrons. The molecule has 2 saturated carbocycles. The highest BCUT2D eigenvalue weighted by Crippen LogP contribution is 2.45. The van der Waals surface area contributed by atoms with Crippen LogP contribution in [0.15, 0.2) is 30.3 Å². The van der Waals surface area contributed by atoms with Gasteiger partial charge in [-0.2, -0.15) is 17.6 Å². The maximum Gasteiger partial charge on any atom is 0.400 e. The zero-order valence-corrected chi connectivity index (χ0v) is 26.1. The Hall–Kier alpha value is -2.53. The molecular weight excluding hydrogens is 617 g/mol. The summed E-state index contributed by atoms with van der Waals surface area (Å²) in [6, 6.07) is 5.57. The third-order valence-electron chi connectivity index (χ3n) is 10.1. The van der Waals surface area contributed by atoms with Crippen LogP contribution in [0.3, 0.4) is 0 Å². The van der Waals surface area contributed by atoms with Gasteiger partial charge in [0.2, 0.25) is 0 Å². The number of benzene rings is 2. The fourth-order valence-corrected chi connectivity index (χ4v) is 7.41. The van der Waals surface area contributed by atoms with Gasteiger partial charge in [0.25, 0.3) is 0 Å².